The summed E-state index contributed by atoms with van der Waals surface area (Å²) in [7, 11) is 0. The average molecular weight is 344 g/mol. The Kier molecular flexibility index (Phi) is 3.79. The molecule has 0 bridgehead atoms. The summed E-state index contributed by atoms with van der Waals surface area (Å²) in [5.41, 5.74) is 0.460. The number of hydrogen-bond acceptors (Lipinski definition) is 3. The number of benzene rings is 1. The Morgan fingerprint density at radius 2 is 2.10 bits per heavy atom. The van der Waals surface area contributed by atoms with Gasteiger partial charge in [-0.25, -0.2) is 4.39 Å². The fourth-order valence-corrected chi connectivity index (χ4v) is 3.25. The van der Waals surface area contributed by atoms with Crippen molar-refractivity contribution in [2.45, 2.75) is 18.6 Å². The van der Waals surface area contributed by atoms with E-state index < -0.39 is 5.79 Å². The topological polar surface area (TPSA) is 38.8 Å². The number of ether oxygens (including phenoxy) is 2. The number of carbonyl (C=O) groups excluding carboxylic acids is 1. The van der Waals surface area contributed by atoms with Crippen LogP contribution in [0.3, 0.4) is 0 Å². The first kappa shape index (κ1) is 14.0. The minimum atomic E-state index is -0.638. The molecule has 0 saturated carbocycles. The van der Waals surface area contributed by atoms with Crippen molar-refractivity contribution in [3.63, 3.8) is 0 Å². The fraction of sp³-hybridized carbons (Fsp3) is 0.500. The quantitative estimate of drug-likeness (QED) is 0.786. The van der Waals surface area contributed by atoms with Crippen molar-refractivity contribution in [2.24, 2.45) is 0 Å². The van der Waals surface area contributed by atoms with Crippen LogP contribution >= 0.6 is 15.9 Å². The summed E-state index contributed by atoms with van der Waals surface area (Å²) in [6, 6.07) is 4.09. The Bertz CT molecular complexity index is 531. The molecular weight excluding hydrogens is 329 g/mol. The van der Waals surface area contributed by atoms with Crippen LogP contribution in [0.15, 0.2) is 22.7 Å². The van der Waals surface area contributed by atoms with Gasteiger partial charge in [0.25, 0.3) is 5.91 Å². The maximum atomic E-state index is 13.1. The highest BCUT2D eigenvalue weighted by Crippen LogP contribution is 2.31. The predicted octanol–water partition coefficient (Wildman–Crippen LogP) is 2.57. The average Bonchev–Trinajstić information content (AvgIpc) is 2.86. The third kappa shape index (κ3) is 2.60. The second-order valence-electron chi connectivity index (χ2n) is 5.06. The number of halogens is 2. The molecule has 2 heterocycles. The van der Waals surface area contributed by atoms with E-state index in [1.807, 2.05) is 0 Å². The van der Waals surface area contributed by atoms with E-state index >= 15 is 0 Å². The first-order valence-corrected chi connectivity index (χ1v) is 7.41. The maximum Gasteiger partial charge on any atom is 0.255 e. The molecule has 1 aromatic carbocycles. The molecule has 0 aliphatic carbocycles. The molecule has 2 aliphatic heterocycles. The van der Waals surface area contributed by atoms with Crippen LogP contribution in [0.4, 0.5) is 4.39 Å². The normalized spacial score (nSPS) is 21.4. The van der Waals surface area contributed by atoms with E-state index in [1.165, 1.54) is 18.2 Å². The molecule has 2 aliphatic rings. The van der Waals surface area contributed by atoms with Gasteiger partial charge in [-0.3, -0.25) is 4.79 Å². The summed E-state index contributed by atoms with van der Waals surface area (Å²) in [6.45, 7) is 2.23. The summed E-state index contributed by atoms with van der Waals surface area (Å²) in [5.74, 6) is -1.14. The second-order valence-corrected chi connectivity index (χ2v) is 5.92. The molecule has 2 fully saturated rings. The van der Waals surface area contributed by atoms with Crippen molar-refractivity contribution in [2.75, 3.05) is 26.3 Å². The highest BCUT2D eigenvalue weighted by molar-refractivity contribution is 9.10. The third-order valence-corrected chi connectivity index (χ3v) is 4.34. The molecule has 1 amide bonds. The Labute approximate surface area is 125 Å². The molecule has 0 radical (unpaired) electrons. The molecule has 1 spiro atoms. The van der Waals surface area contributed by atoms with Crippen LogP contribution in [0.2, 0.25) is 0 Å². The lowest BCUT2D eigenvalue weighted by Gasteiger charge is -2.38. The van der Waals surface area contributed by atoms with Crippen LogP contribution in [-0.2, 0) is 9.47 Å². The summed E-state index contributed by atoms with van der Waals surface area (Å²) in [5, 5.41) is 0. The maximum absolute atomic E-state index is 13.1. The molecule has 0 atom stereocenters. The number of rotatable bonds is 1. The van der Waals surface area contributed by atoms with Crippen molar-refractivity contribution in [3.05, 3.63) is 34.1 Å². The minimum absolute atomic E-state index is 0.130. The number of carbonyl (C=O) groups is 1. The Hall–Kier alpha value is -0.980. The zero-order valence-corrected chi connectivity index (χ0v) is 12.5. The van der Waals surface area contributed by atoms with Gasteiger partial charge < -0.3 is 14.4 Å². The van der Waals surface area contributed by atoms with E-state index in [0.717, 1.165) is 12.8 Å². The molecule has 0 unspecified atom stereocenters. The van der Waals surface area contributed by atoms with Gasteiger partial charge in [0.1, 0.15) is 5.82 Å². The second kappa shape index (κ2) is 5.42. The lowest BCUT2D eigenvalue weighted by molar-refractivity contribution is -0.183. The molecule has 1 aromatic rings. The van der Waals surface area contributed by atoms with Gasteiger partial charge in [0.15, 0.2) is 5.79 Å². The Morgan fingerprint density at radius 1 is 1.35 bits per heavy atom. The lowest BCUT2D eigenvalue weighted by atomic mass is 10.0. The smallest absolute Gasteiger partial charge is 0.255 e. The van der Waals surface area contributed by atoms with Gasteiger partial charge in [0.2, 0.25) is 0 Å². The molecule has 108 valence electrons. The first-order valence-electron chi connectivity index (χ1n) is 6.62. The number of likely N-dealkylation sites (tertiary alicyclic amines) is 1. The summed E-state index contributed by atoms with van der Waals surface area (Å²) >= 11 is 3.24. The first-order chi connectivity index (χ1) is 9.60. The Morgan fingerprint density at radius 3 is 2.80 bits per heavy atom. The Balaban J connectivity index is 1.79. The van der Waals surface area contributed by atoms with Crippen LogP contribution in [0.5, 0.6) is 0 Å². The molecule has 6 heteroatoms. The van der Waals surface area contributed by atoms with Crippen molar-refractivity contribution in [1.29, 1.82) is 0 Å². The summed E-state index contributed by atoms with van der Waals surface area (Å²) < 4.78 is 24.9. The highest BCUT2D eigenvalue weighted by Gasteiger charge is 2.42. The fourth-order valence-electron chi connectivity index (χ4n) is 2.73. The van der Waals surface area contributed by atoms with Gasteiger partial charge in [-0.05, 0) is 40.5 Å². The molecule has 20 heavy (non-hydrogen) atoms. The van der Waals surface area contributed by atoms with Crippen molar-refractivity contribution < 1.29 is 18.7 Å². The van der Waals surface area contributed by atoms with Gasteiger partial charge >= 0.3 is 0 Å². The van der Waals surface area contributed by atoms with Crippen molar-refractivity contribution >= 4 is 21.8 Å². The number of amides is 1. The SMILES string of the molecule is O=C(c1ccc(F)cc1Br)N1CCCC2(C1)OCCO2. The summed E-state index contributed by atoms with van der Waals surface area (Å²) in [6.07, 6.45) is 1.64. The molecular formula is C14H15BrFNO3. The zero-order valence-electron chi connectivity index (χ0n) is 10.9. The third-order valence-electron chi connectivity index (χ3n) is 3.68. The van der Waals surface area contributed by atoms with Crippen LogP contribution < -0.4 is 0 Å². The molecule has 3 rings (SSSR count). The standard InChI is InChI=1S/C14H15BrFNO3/c15-12-8-10(16)2-3-11(12)13(18)17-5-1-4-14(9-17)19-6-7-20-14/h2-3,8H,1,4-7,9H2. The van der Waals surface area contributed by atoms with Crippen molar-refractivity contribution in [1.82, 2.24) is 4.90 Å². The van der Waals surface area contributed by atoms with E-state index in [0.29, 0.717) is 36.3 Å². The molecule has 2 saturated heterocycles. The van der Waals surface area contributed by atoms with E-state index in [4.69, 9.17) is 9.47 Å². The highest BCUT2D eigenvalue weighted by atomic mass is 79.9. The van der Waals surface area contributed by atoms with Crippen LogP contribution in [-0.4, -0.2) is 42.9 Å². The summed E-state index contributed by atoms with van der Waals surface area (Å²) in [4.78, 5) is 14.2. The van der Waals surface area contributed by atoms with Crippen LogP contribution in [0.25, 0.3) is 0 Å². The largest absolute Gasteiger partial charge is 0.346 e. The van der Waals surface area contributed by atoms with E-state index in [1.54, 1.807) is 4.90 Å². The van der Waals surface area contributed by atoms with Gasteiger partial charge in [-0.1, -0.05) is 0 Å². The number of hydrogen-bond donors (Lipinski definition) is 0. The number of nitrogens with zero attached hydrogens (tertiary/aromatic N) is 1. The van der Waals surface area contributed by atoms with Gasteiger partial charge in [0.05, 0.1) is 25.3 Å². The van der Waals surface area contributed by atoms with Gasteiger partial charge in [0, 0.05) is 17.4 Å². The molecule has 4 nitrogen and oxygen atoms in total. The van der Waals surface area contributed by atoms with Gasteiger partial charge in [-0.2, -0.15) is 0 Å². The minimum Gasteiger partial charge on any atom is -0.346 e. The van der Waals surface area contributed by atoms with Gasteiger partial charge in [-0.15, -0.1) is 0 Å². The van der Waals surface area contributed by atoms with E-state index in [-0.39, 0.29) is 11.7 Å². The van der Waals surface area contributed by atoms with Crippen LogP contribution in [0.1, 0.15) is 23.2 Å². The monoisotopic (exact) mass is 343 g/mol. The number of piperidine rings is 1. The molecule has 0 N–H and O–H groups in total. The van der Waals surface area contributed by atoms with Crippen LogP contribution in [0, 0.1) is 5.82 Å². The zero-order chi connectivity index (χ0) is 14.2. The lowest BCUT2D eigenvalue weighted by Crippen LogP contribution is -2.51. The molecule has 0 aromatic heterocycles. The van der Waals surface area contributed by atoms with E-state index in [9.17, 15) is 9.18 Å². The predicted molar refractivity (Wildman–Crippen MR) is 73.9 cm³/mol. The van der Waals surface area contributed by atoms with Crippen molar-refractivity contribution in [3.8, 4) is 0 Å². The van der Waals surface area contributed by atoms with E-state index in [2.05, 4.69) is 15.9 Å².